The molecular weight excluding hydrogens is 317 g/mol. The van der Waals surface area contributed by atoms with Gasteiger partial charge >= 0.3 is 6.18 Å². The third kappa shape index (κ3) is 2.91. The zero-order chi connectivity index (χ0) is 13.3. The second kappa shape index (κ2) is 4.73. The number of aromatic nitrogens is 3. The van der Waals surface area contributed by atoms with Crippen LogP contribution in [0.1, 0.15) is 0 Å². The highest BCUT2D eigenvalue weighted by Crippen LogP contribution is 2.20. The molecule has 2 heterocycles. The van der Waals surface area contributed by atoms with Gasteiger partial charge in [0.25, 0.3) is 0 Å². The predicted molar refractivity (Wildman–Crippen MR) is 61.2 cm³/mol. The Morgan fingerprint density at radius 3 is 2.83 bits per heavy atom. The number of nitrogens with zero attached hydrogens (tertiary/aromatic N) is 3. The Labute approximate surface area is 108 Å². The number of hydrogen-bond donors (Lipinski definition) is 2. The molecule has 1 atom stereocenters. The van der Waals surface area contributed by atoms with Crippen LogP contribution in [-0.4, -0.2) is 38.5 Å². The average Bonchev–Trinajstić information content (AvgIpc) is 2.66. The van der Waals surface area contributed by atoms with Crippen LogP contribution in [0.5, 0.6) is 0 Å². The molecule has 0 spiro atoms. The number of aliphatic hydroxyl groups excluding tert-OH is 1. The van der Waals surface area contributed by atoms with Crippen molar-refractivity contribution in [3.8, 4) is 0 Å². The number of anilines is 1. The van der Waals surface area contributed by atoms with Gasteiger partial charge in [0.05, 0.1) is 6.54 Å². The maximum absolute atomic E-state index is 12.1. The lowest BCUT2D eigenvalue weighted by Gasteiger charge is -2.13. The summed E-state index contributed by atoms with van der Waals surface area (Å²) < 4.78 is 38.4. The zero-order valence-corrected chi connectivity index (χ0v) is 10.4. The molecule has 0 aliphatic carbocycles. The first-order valence-corrected chi connectivity index (χ1v) is 5.66. The molecule has 98 valence electrons. The van der Waals surface area contributed by atoms with Crippen LogP contribution in [0.4, 0.5) is 19.1 Å². The fourth-order valence-electron chi connectivity index (χ4n) is 1.24. The van der Waals surface area contributed by atoms with Crippen molar-refractivity contribution in [3.63, 3.8) is 0 Å². The van der Waals surface area contributed by atoms with E-state index in [0.717, 1.165) is 4.47 Å². The molecular formula is C9H8BrF3N4O. The molecule has 0 aromatic carbocycles. The minimum atomic E-state index is -4.66. The van der Waals surface area contributed by atoms with Gasteiger partial charge in [-0.1, -0.05) is 0 Å². The first-order valence-electron chi connectivity index (χ1n) is 4.87. The molecule has 9 heteroatoms. The molecule has 18 heavy (non-hydrogen) atoms. The molecule has 2 rings (SSSR count). The van der Waals surface area contributed by atoms with E-state index in [9.17, 15) is 13.2 Å². The smallest absolute Gasteiger partial charge is 0.382 e. The molecule has 2 N–H and O–H groups in total. The van der Waals surface area contributed by atoms with Crippen molar-refractivity contribution in [1.29, 1.82) is 0 Å². The summed E-state index contributed by atoms with van der Waals surface area (Å²) in [6.07, 6.45) is -5.49. The molecule has 0 amide bonds. The Morgan fingerprint density at radius 1 is 1.44 bits per heavy atom. The molecule has 0 bridgehead atoms. The summed E-state index contributed by atoms with van der Waals surface area (Å²) >= 11 is 3.23. The van der Waals surface area contributed by atoms with Crippen molar-refractivity contribution in [1.82, 2.24) is 14.6 Å². The lowest BCUT2D eigenvalue weighted by Crippen LogP contribution is -2.35. The molecule has 0 saturated carbocycles. The summed E-state index contributed by atoms with van der Waals surface area (Å²) in [4.78, 5) is 3.95. The van der Waals surface area contributed by atoms with E-state index in [-0.39, 0.29) is 5.95 Å². The number of hydrogen-bond acceptors (Lipinski definition) is 4. The Kier molecular flexibility index (Phi) is 3.44. The topological polar surface area (TPSA) is 62.5 Å². The van der Waals surface area contributed by atoms with Gasteiger partial charge in [0.1, 0.15) is 0 Å². The SMILES string of the molecule is OC(CNc1nc2ccc(Br)cn2n1)C(F)(F)F. The normalized spacial score (nSPS) is 13.8. The van der Waals surface area contributed by atoms with Crippen LogP contribution in [0.3, 0.4) is 0 Å². The summed E-state index contributed by atoms with van der Waals surface area (Å²) in [5, 5.41) is 15.1. The average molecular weight is 325 g/mol. The fraction of sp³-hybridized carbons (Fsp3) is 0.333. The standard InChI is InChI=1S/C9H8BrF3N4O/c10-5-1-2-7-15-8(16-17(7)4-5)14-3-6(18)9(11,12)13/h1-2,4,6,18H,3H2,(H,14,16). The lowest BCUT2D eigenvalue weighted by atomic mass is 10.3. The number of aliphatic hydroxyl groups is 1. The summed E-state index contributed by atoms with van der Waals surface area (Å²) in [6.45, 7) is -0.693. The van der Waals surface area contributed by atoms with E-state index < -0.39 is 18.8 Å². The second-order valence-corrected chi connectivity index (χ2v) is 4.44. The first-order chi connectivity index (χ1) is 8.36. The van der Waals surface area contributed by atoms with Crippen molar-refractivity contribution in [3.05, 3.63) is 22.8 Å². The Morgan fingerprint density at radius 2 is 2.17 bits per heavy atom. The van der Waals surface area contributed by atoms with Crippen molar-refractivity contribution in [2.75, 3.05) is 11.9 Å². The van der Waals surface area contributed by atoms with Gasteiger partial charge in [-0.2, -0.15) is 18.2 Å². The Hall–Kier alpha value is -1.35. The van der Waals surface area contributed by atoms with Crippen LogP contribution in [0, 0.1) is 0 Å². The first kappa shape index (κ1) is 13.1. The van der Waals surface area contributed by atoms with E-state index in [4.69, 9.17) is 5.11 Å². The third-order valence-electron chi connectivity index (χ3n) is 2.13. The van der Waals surface area contributed by atoms with Gasteiger partial charge in [0, 0.05) is 10.7 Å². The quantitative estimate of drug-likeness (QED) is 0.904. The molecule has 2 aromatic heterocycles. The summed E-state index contributed by atoms with van der Waals surface area (Å²) in [6, 6.07) is 3.39. The van der Waals surface area contributed by atoms with E-state index in [1.807, 2.05) is 0 Å². The predicted octanol–water partition coefficient (Wildman–Crippen LogP) is 1.83. The third-order valence-corrected chi connectivity index (χ3v) is 2.60. The molecule has 0 fully saturated rings. The fourth-order valence-corrected chi connectivity index (χ4v) is 1.56. The molecule has 0 saturated heterocycles. The van der Waals surface area contributed by atoms with E-state index in [1.54, 1.807) is 18.3 Å². The van der Waals surface area contributed by atoms with Crippen molar-refractivity contribution in [2.24, 2.45) is 0 Å². The Balaban J connectivity index is 2.09. The van der Waals surface area contributed by atoms with E-state index in [1.165, 1.54) is 4.52 Å². The molecule has 5 nitrogen and oxygen atoms in total. The van der Waals surface area contributed by atoms with Crippen molar-refractivity contribution < 1.29 is 18.3 Å². The van der Waals surface area contributed by atoms with Crippen LogP contribution in [0.15, 0.2) is 22.8 Å². The van der Waals surface area contributed by atoms with Crippen LogP contribution >= 0.6 is 15.9 Å². The van der Waals surface area contributed by atoms with Gasteiger partial charge in [-0.05, 0) is 28.1 Å². The highest BCUT2D eigenvalue weighted by atomic mass is 79.9. The van der Waals surface area contributed by atoms with E-state index in [0.29, 0.717) is 5.65 Å². The molecule has 0 aliphatic heterocycles. The van der Waals surface area contributed by atoms with Crippen LogP contribution in [0.2, 0.25) is 0 Å². The number of halogens is 4. The van der Waals surface area contributed by atoms with Crippen LogP contribution in [-0.2, 0) is 0 Å². The van der Waals surface area contributed by atoms with Gasteiger partial charge < -0.3 is 10.4 Å². The van der Waals surface area contributed by atoms with Gasteiger partial charge in [0.15, 0.2) is 11.8 Å². The van der Waals surface area contributed by atoms with Gasteiger partial charge in [-0.3, -0.25) is 0 Å². The maximum atomic E-state index is 12.1. The largest absolute Gasteiger partial charge is 0.416 e. The number of rotatable bonds is 3. The Bertz CT molecular complexity index is 556. The highest BCUT2D eigenvalue weighted by Gasteiger charge is 2.38. The number of pyridine rings is 1. The van der Waals surface area contributed by atoms with Gasteiger partial charge in [-0.25, -0.2) is 4.52 Å². The maximum Gasteiger partial charge on any atom is 0.416 e. The molecule has 0 radical (unpaired) electrons. The number of nitrogens with one attached hydrogen (secondary N) is 1. The van der Waals surface area contributed by atoms with E-state index >= 15 is 0 Å². The molecule has 0 aliphatic rings. The lowest BCUT2D eigenvalue weighted by molar-refractivity contribution is -0.198. The highest BCUT2D eigenvalue weighted by molar-refractivity contribution is 9.10. The van der Waals surface area contributed by atoms with Gasteiger partial charge in [0.2, 0.25) is 5.95 Å². The summed E-state index contributed by atoms with van der Waals surface area (Å²) in [5.41, 5.74) is 0.488. The van der Waals surface area contributed by atoms with E-state index in [2.05, 4.69) is 31.3 Å². The summed E-state index contributed by atoms with van der Waals surface area (Å²) in [5.74, 6) is 0.0244. The van der Waals surface area contributed by atoms with Crippen LogP contribution in [0.25, 0.3) is 5.65 Å². The van der Waals surface area contributed by atoms with Gasteiger partial charge in [-0.15, -0.1) is 5.10 Å². The number of fused-ring (bicyclic) bond motifs is 1. The number of alkyl halides is 3. The minimum Gasteiger partial charge on any atom is -0.382 e. The zero-order valence-electron chi connectivity index (χ0n) is 8.82. The second-order valence-electron chi connectivity index (χ2n) is 3.52. The molecule has 1 unspecified atom stereocenters. The van der Waals surface area contributed by atoms with Crippen molar-refractivity contribution >= 4 is 27.5 Å². The summed E-state index contributed by atoms with van der Waals surface area (Å²) in [7, 11) is 0. The van der Waals surface area contributed by atoms with Crippen molar-refractivity contribution in [2.45, 2.75) is 12.3 Å². The minimum absolute atomic E-state index is 0.0244. The molecule has 2 aromatic rings. The van der Waals surface area contributed by atoms with Crippen LogP contribution < -0.4 is 5.32 Å². The monoisotopic (exact) mass is 324 g/mol.